The number of carbonyl (C=O) groups is 1. The van der Waals surface area contributed by atoms with Crippen LogP contribution in [0.15, 0.2) is 12.2 Å². The Morgan fingerprint density at radius 1 is 1.50 bits per heavy atom. The van der Waals surface area contributed by atoms with E-state index in [0.717, 1.165) is 12.8 Å². The van der Waals surface area contributed by atoms with Crippen LogP contribution in [0.4, 0.5) is 0 Å². The molecular weight excluding hydrogens is 178 g/mol. The van der Waals surface area contributed by atoms with Crippen LogP contribution < -0.4 is 5.73 Å². The van der Waals surface area contributed by atoms with Crippen LogP contribution in [0.3, 0.4) is 0 Å². The molecule has 0 heterocycles. The van der Waals surface area contributed by atoms with Crippen LogP contribution in [0.1, 0.15) is 19.8 Å². The van der Waals surface area contributed by atoms with Crippen molar-refractivity contribution in [2.24, 2.45) is 23.5 Å². The highest BCUT2D eigenvalue weighted by molar-refractivity contribution is 5.73. The maximum Gasteiger partial charge on any atom is 0.310 e. The lowest BCUT2D eigenvalue weighted by molar-refractivity contribution is -0.150. The average molecular weight is 195 g/mol. The summed E-state index contributed by atoms with van der Waals surface area (Å²) in [5, 5.41) is 0. The summed E-state index contributed by atoms with van der Waals surface area (Å²) in [5.41, 5.74) is 6.04. The van der Waals surface area contributed by atoms with Crippen LogP contribution in [0.5, 0.6) is 0 Å². The molecule has 14 heavy (non-hydrogen) atoms. The molecule has 1 saturated carbocycles. The number of allylic oxidation sites excluding steroid dienone is 1. The van der Waals surface area contributed by atoms with Crippen molar-refractivity contribution in [3.63, 3.8) is 0 Å². The smallest absolute Gasteiger partial charge is 0.310 e. The molecule has 0 amide bonds. The van der Waals surface area contributed by atoms with E-state index >= 15 is 0 Å². The second-order valence-electron chi connectivity index (χ2n) is 4.14. The Labute approximate surface area is 84.3 Å². The molecule has 2 N–H and O–H groups in total. The van der Waals surface area contributed by atoms with Gasteiger partial charge in [-0.25, -0.2) is 0 Å². The van der Waals surface area contributed by atoms with E-state index in [1.807, 2.05) is 6.92 Å². The molecule has 3 nitrogen and oxygen atoms in total. The zero-order valence-electron chi connectivity index (χ0n) is 8.48. The van der Waals surface area contributed by atoms with Crippen molar-refractivity contribution in [2.75, 3.05) is 6.61 Å². The van der Waals surface area contributed by atoms with Gasteiger partial charge in [0.2, 0.25) is 0 Å². The first-order valence-corrected chi connectivity index (χ1v) is 5.34. The van der Waals surface area contributed by atoms with Gasteiger partial charge >= 0.3 is 5.97 Å². The highest BCUT2D eigenvalue weighted by Gasteiger charge is 2.42. The fourth-order valence-corrected chi connectivity index (χ4v) is 2.46. The fourth-order valence-electron chi connectivity index (χ4n) is 2.46. The van der Waals surface area contributed by atoms with Crippen molar-refractivity contribution < 1.29 is 9.53 Å². The largest absolute Gasteiger partial charge is 0.466 e. The highest BCUT2D eigenvalue weighted by atomic mass is 16.5. The lowest BCUT2D eigenvalue weighted by Gasteiger charge is -2.42. The van der Waals surface area contributed by atoms with Crippen molar-refractivity contribution in [3.8, 4) is 0 Å². The fraction of sp³-hybridized carbons (Fsp3) is 0.727. The first-order valence-electron chi connectivity index (χ1n) is 5.34. The number of ether oxygens (including phenoxy) is 1. The van der Waals surface area contributed by atoms with Crippen molar-refractivity contribution in [2.45, 2.75) is 25.8 Å². The van der Waals surface area contributed by atoms with Crippen LogP contribution >= 0.6 is 0 Å². The maximum atomic E-state index is 11.6. The zero-order chi connectivity index (χ0) is 10.1. The molecule has 0 aromatic carbocycles. The minimum atomic E-state index is -0.112. The van der Waals surface area contributed by atoms with Gasteiger partial charge in [0.1, 0.15) is 0 Å². The van der Waals surface area contributed by atoms with Crippen LogP contribution in [-0.2, 0) is 9.53 Å². The molecule has 0 spiro atoms. The molecular formula is C11H17NO2. The molecule has 0 aliphatic heterocycles. The van der Waals surface area contributed by atoms with Gasteiger partial charge in [0, 0.05) is 6.04 Å². The second-order valence-corrected chi connectivity index (χ2v) is 4.14. The Morgan fingerprint density at radius 3 is 2.86 bits per heavy atom. The molecule has 0 aromatic heterocycles. The van der Waals surface area contributed by atoms with E-state index in [1.165, 1.54) is 0 Å². The number of carbonyl (C=O) groups excluding carboxylic acids is 1. The van der Waals surface area contributed by atoms with Gasteiger partial charge in [-0.1, -0.05) is 12.2 Å². The summed E-state index contributed by atoms with van der Waals surface area (Å²) in [7, 11) is 0. The third-order valence-electron chi connectivity index (χ3n) is 3.38. The molecule has 2 rings (SSSR count). The molecule has 0 bridgehead atoms. The summed E-state index contributed by atoms with van der Waals surface area (Å²) < 4.78 is 5.02. The van der Waals surface area contributed by atoms with Crippen molar-refractivity contribution in [1.29, 1.82) is 0 Å². The number of rotatable bonds is 2. The van der Waals surface area contributed by atoms with Crippen molar-refractivity contribution in [3.05, 3.63) is 12.2 Å². The summed E-state index contributed by atoms with van der Waals surface area (Å²) in [6, 6.07) is -0.0298. The molecule has 0 aromatic rings. The Balaban J connectivity index is 1.99. The van der Waals surface area contributed by atoms with E-state index in [2.05, 4.69) is 12.2 Å². The van der Waals surface area contributed by atoms with Gasteiger partial charge in [-0.15, -0.1) is 0 Å². The van der Waals surface area contributed by atoms with Crippen LogP contribution in [0, 0.1) is 17.8 Å². The first kappa shape index (κ1) is 9.71. The number of nitrogens with two attached hydrogens (primary N) is 1. The maximum absolute atomic E-state index is 11.6. The van der Waals surface area contributed by atoms with Gasteiger partial charge in [-0.2, -0.15) is 0 Å². The topological polar surface area (TPSA) is 52.3 Å². The Hall–Kier alpha value is -0.830. The number of fused-ring (bicyclic) bond motifs is 1. The lowest BCUT2D eigenvalue weighted by Crippen LogP contribution is -2.49. The lowest BCUT2D eigenvalue weighted by atomic mass is 9.65. The van der Waals surface area contributed by atoms with Crippen LogP contribution in [-0.4, -0.2) is 18.6 Å². The van der Waals surface area contributed by atoms with E-state index in [4.69, 9.17) is 10.5 Å². The summed E-state index contributed by atoms with van der Waals surface area (Å²) in [6.07, 6.45) is 6.29. The molecule has 78 valence electrons. The normalized spacial score (nSPS) is 39.9. The van der Waals surface area contributed by atoms with Gasteiger partial charge in [0.15, 0.2) is 0 Å². The molecule has 0 radical (unpaired) electrons. The van der Waals surface area contributed by atoms with Crippen molar-refractivity contribution in [1.82, 2.24) is 0 Å². The van der Waals surface area contributed by atoms with E-state index < -0.39 is 0 Å². The Morgan fingerprint density at radius 2 is 2.29 bits per heavy atom. The molecule has 3 heteroatoms. The Bertz CT molecular complexity index is 262. The van der Waals surface area contributed by atoms with E-state index in [1.54, 1.807) is 0 Å². The standard InChI is InChI=1S/C11H17NO2/c1-2-14-11(13)9-6-4-7-3-5-8(7)10(9)12/h3,5,7-10H,2,4,6,12H2,1H3. The van der Waals surface area contributed by atoms with Gasteiger partial charge in [0.25, 0.3) is 0 Å². The van der Waals surface area contributed by atoms with Gasteiger partial charge in [-0.3, -0.25) is 4.79 Å². The third-order valence-corrected chi connectivity index (χ3v) is 3.38. The molecule has 2 aliphatic rings. The third kappa shape index (κ3) is 1.46. The minimum absolute atomic E-state index is 0.0298. The van der Waals surface area contributed by atoms with Crippen molar-refractivity contribution >= 4 is 5.97 Å². The Kier molecular flexibility index (Phi) is 2.59. The highest BCUT2D eigenvalue weighted by Crippen LogP contribution is 2.40. The predicted octanol–water partition coefficient (Wildman–Crippen LogP) is 1.09. The number of hydrogen-bond donors (Lipinski definition) is 1. The summed E-state index contributed by atoms with van der Waals surface area (Å²) >= 11 is 0. The predicted molar refractivity (Wildman–Crippen MR) is 53.5 cm³/mol. The molecule has 0 saturated heterocycles. The molecule has 4 atom stereocenters. The van der Waals surface area contributed by atoms with E-state index in [9.17, 15) is 4.79 Å². The van der Waals surface area contributed by atoms with Crippen LogP contribution in [0.25, 0.3) is 0 Å². The molecule has 2 aliphatic carbocycles. The summed E-state index contributed by atoms with van der Waals surface area (Å²) in [4.78, 5) is 11.6. The summed E-state index contributed by atoms with van der Waals surface area (Å²) in [5.74, 6) is 0.841. The first-order chi connectivity index (χ1) is 6.74. The SMILES string of the molecule is CCOC(=O)C1CCC2C=CC2C1N. The van der Waals surface area contributed by atoms with Gasteiger partial charge < -0.3 is 10.5 Å². The summed E-state index contributed by atoms with van der Waals surface area (Å²) in [6.45, 7) is 2.28. The number of esters is 1. The minimum Gasteiger partial charge on any atom is -0.466 e. The number of hydrogen-bond acceptors (Lipinski definition) is 3. The van der Waals surface area contributed by atoms with Gasteiger partial charge in [-0.05, 0) is 31.6 Å². The second kappa shape index (κ2) is 3.73. The van der Waals surface area contributed by atoms with E-state index in [0.29, 0.717) is 18.4 Å². The quantitative estimate of drug-likeness (QED) is 0.530. The monoisotopic (exact) mass is 195 g/mol. The van der Waals surface area contributed by atoms with Crippen LogP contribution in [0.2, 0.25) is 0 Å². The molecule has 1 fully saturated rings. The van der Waals surface area contributed by atoms with Gasteiger partial charge in [0.05, 0.1) is 12.5 Å². The molecule has 4 unspecified atom stereocenters. The zero-order valence-corrected chi connectivity index (χ0v) is 8.48. The van der Waals surface area contributed by atoms with E-state index in [-0.39, 0.29) is 17.9 Å². The average Bonchev–Trinajstić information content (AvgIpc) is 2.08.